The number of thiophene rings is 2. The summed E-state index contributed by atoms with van der Waals surface area (Å²) < 4.78 is 5.40. The van der Waals surface area contributed by atoms with E-state index in [0.717, 1.165) is 6.42 Å². The average Bonchev–Trinajstić information content (AvgIpc) is 3.82. The molecule has 3 heteroatoms. The van der Waals surface area contributed by atoms with Crippen LogP contribution in [0.1, 0.15) is 104 Å². The molecule has 2 aliphatic carbocycles. The molecule has 0 saturated carbocycles. The van der Waals surface area contributed by atoms with Crippen molar-refractivity contribution in [3.05, 3.63) is 110 Å². The van der Waals surface area contributed by atoms with E-state index in [9.17, 15) is 0 Å². The van der Waals surface area contributed by atoms with Gasteiger partial charge in [-0.15, -0.1) is 22.7 Å². The highest BCUT2D eigenvalue weighted by Gasteiger charge is 2.50. The fourth-order valence-electron chi connectivity index (χ4n) is 7.64. The van der Waals surface area contributed by atoms with Gasteiger partial charge in [0.1, 0.15) is 0 Å². The maximum atomic E-state index is 2.49. The minimum Gasteiger partial charge on any atom is -0.342 e. The van der Waals surface area contributed by atoms with Crippen LogP contribution in [0.3, 0.4) is 0 Å². The maximum Gasteiger partial charge on any atom is 0.0739 e. The Morgan fingerprint density at radius 2 is 1.36 bits per heavy atom. The Labute approximate surface area is 259 Å². The number of nitrogens with zero attached hydrogens (tertiary/aromatic N) is 1. The molecule has 0 amide bonds. The molecule has 0 bridgehead atoms. The molecule has 1 nitrogen and oxygen atoms in total. The summed E-state index contributed by atoms with van der Waals surface area (Å²) in [7, 11) is 2.28. The number of rotatable bonds is 12. The van der Waals surface area contributed by atoms with Gasteiger partial charge >= 0.3 is 0 Å². The molecule has 0 aliphatic heterocycles. The topological polar surface area (TPSA) is 4.93 Å². The predicted molar refractivity (Wildman–Crippen MR) is 185 cm³/mol. The van der Waals surface area contributed by atoms with E-state index in [1.54, 1.807) is 5.57 Å². The Morgan fingerprint density at radius 1 is 0.738 bits per heavy atom. The number of aromatic nitrogens is 1. The molecule has 0 fully saturated rings. The van der Waals surface area contributed by atoms with Gasteiger partial charge in [0.2, 0.25) is 0 Å². The predicted octanol–water partition coefficient (Wildman–Crippen LogP) is 11.8. The monoisotopic (exact) mass is 589 g/mol. The van der Waals surface area contributed by atoms with Crippen molar-refractivity contribution in [3.63, 3.8) is 0 Å². The van der Waals surface area contributed by atoms with Crippen molar-refractivity contribution in [1.29, 1.82) is 0 Å². The fraction of sp³-hybridized carbons (Fsp3) is 0.385. The second-order valence-electron chi connectivity index (χ2n) is 12.4. The van der Waals surface area contributed by atoms with Gasteiger partial charge in [0.15, 0.2) is 0 Å². The van der Waals surface area contributed by atoms with Crippen LogP contribution in [0.15, 0.2) is 77.7 Å². The molecule has 2 aliphatic rings. The van der Waals surface area contributed by atoms with Crippen molar-refractivity contribution in [3.8, 4) is 0 Å². The van der Waals surface area contributed by atoms with E-state index in [1.165, 1.54) is 123 Å². The number of benzene rings is 2. The van der Waals surface area contributed by atoms with Crippen LogP contribution in [0.2, 0.25) is 0 Å². The third-order valence-electron chi connectivity index (χ3n) is 9.83. The standard InChI is InChI=1S/C39H43NS2/c1-4-6-8-10-13-27-17-21-29(22-18-27)39(30-23-19-28(20-24-30)14-11-9-7-5-2)32-16-12-15-31(32)36-34(39)35-38(42-36)37-33(40(35)3)25-26-41-37/h12,16-26H,4-11,13-15H2,1-3H3. The number of allylic oxidation sites excluding steroid dienone is 4. The molecule has 0 spiro atoms. The Kier molecular flexibility index (Phi) is 7.75. The molecular formula is C39H43NS2. The van der Waals surface area contributed by atoms with Crippen LogP contribution >= 0.6 is 22.7 Å². The summed E-state index contributed by atoms with van der Waals surface area (Å²) in [4.78, 5) is 1.51. The van der Waals surface area contributed by atoms with Crippen LogP contribution in [-0.2, 0) is 25.3 Å². The summed E-state index contributed by atoms with van der Waals surface area (Å²) >= 11 is 3.93. The van der Waals surface area contributed by atoms with Crippen LogP contribution in [0.25, 0.3) is 26.0 Å². The molecule has 0 saturated heterocycles. The van der Waals surface area contributed by atoms with E-state index in [2.05, 4.69) is 97.6 Å². The van der Waals surface area contributed by atoms with E-state index in [-0.39, 0.29) is 5.41 Å². The normalized spacial score (nSPS) is 15.4. The molecule has 216 valence electrons. The van der Waals surface area contributed by atoms with Gasteiger partial charge in [-0.3, -0.25) is 0 Å². The lowest BCUT2D eigenvalue weighted by atomic mass is 9.67. The quantitative estimate of drug-likeness (QED) is 0.128. The van der Waals surface area contributed by atoms with Gasteiger partial charge in [0.25, 0.3) is 0 Å². The molecule has 2 aromatic carbocycles. The van der Waals surface area contributed by atoms with Gasteiger partial charge in [-0.2, -0.15) is 0 Å². The van der Waals surface area contributed by atoms with Gasteiger partial charge < -0.3 is 4.57 Å². The minimum atomic E-state index is -0.286. The smallest absolute Gasteiger partial charge is 0.0739 e. The van der Waals surface area contributed by atoms with Gasteiger partial charge in [-0.25, -0.2) is 0 Å². The Morgan fingerprint density at radius 3 is 1.95 bits per heavy atom. The Bertz CT molecular complexity index is 1710. The van der Waals surface area contributed by atoms with E-state index >= 15 is 0 Å². The molecule has 3 heterocycles. The van der Waals surface area contributed by atoms with Crippen LogP contribution in [0.5, 0.6) is 0 Å². The average molecular weight is 590 g/mol. The molecule has 0 radical (unpaired) electrons. The molecule has 0 N–H and O–H groups in total. The van der Waals surface area contributed by atoms with Crippen molar-refractivity contribution in [2.45, 2.75) is 89.9 Å². The third kappa shape index (κ3) is 4.38. The number of fused-ring (bicyclic) bond motifs is 6. The molecule has 3 aromatic heterocycles. The Balaban J connectivity index is 1.39. The fourth-order valence-corrected chi connectivity index (χ4v) is 10.2. The summed E-state index contributed by atoms with van der Waals surface area (Å²) in [5, 5.41) is 2.25. The van der Waals surface area contributed by atoms with Crippen molar-refractivity contribution < 1.29 is 0 Å². The highest BCUT2D eigenvalue weighted by molar-refractivity contribution is 7.27. The van der Waals surface area contributed by atoms with Crippen molar-refractivity contribution in [2.75, 3.05) is 0 Å². The first-order valence-corrected chi connectivity index (χ1v) is 18.0. The lowest BCUT2D eigenvalue weighted by Crippen LogP contribution is -2.29. The van der Waals surface area contributed by atoms with Gasteiger partial charge in [-0.05, 0) is 77.0 Å². The summed E-state index contributed by atoms with van der Waals surface area (Å²) in [6, 6.07) is 21.9. The van der Waals surface area contributed by atoms with Gasteiger partial charge in [-0.1, -0.05) is 113 Å². The summed E-state index contributed by atoms with van der Waals surface area (Å²) in [6.45, 7) is 4.59. The van der Waals surface area contributed by atoms with Gasteiger partial charge in [0, 0.05) is 17.5 Å². The zero-order valence-electron chi connectivity index (χ0n) is 25.5. The van der Waals surface area contributed by atoms with Crippen LogP contribution in [0.4, 0.5) is 0 Å². The van der Waals surface area contributed by atoms with Crippen LogP contribution in [0, 0.1) is 0 Å². The third-order valence-corrected chi connectivity index (χ3v) is 12.1. The Hall–Kier alpha value is -2.88. The SMILES string of the molecule is CCCCCCc1ccc(C2(c3ccc(CCCCCC)cc3)C3=C(CC=C3)c3sc4c5sccc5n(C)c4c32)cc1. The molecule has 42 heavy (non-hydrogen) atoms. The van der Waals surface area contributed by atoms with E-state index in [0.29, 0.717) is 0 Å². The van der Waals surface area contributed by atoms with Crippen LogP contribution < -0.4 is 0 Å². The van der Waals surface area contributed by atoms with Crippen molar-refractivity contribution in [2.24, 2.45) is 7.05 Å². The highest BCUT2D eigenvalue weighted by atomic mass is 32.1. The number of aryl methyl sites for hydroxylation is 3. The van der Waals surface area contributed by atoms with Crippen LogP contribution in [-0.4, -0.2) is 4.57 Å². The number of hydrogen-bond donors (Lipinski definition) is 0. The molecule has 5 aromatic rings. The lowest BCUT2D eigenvalue weighted by molar-refractivity contribution is 0.666. The zero-order chi connectivity index (χ0) is 28.7. The second kappa shape index (κ2) is 11.7. The highest BCUT2D eigenvalue weighted by Crippen LogP contribution is 2.62. The van der Waals surface area contributed by atoms with E-state index in [4.69, 9.17) is 0 Å². The van der Waals surface area contributed by atoms with Crippen molar-refractivity contribution >= 4 is 48.7 Å². The zero-order valence-corrected chi connectivity index (χ0v) is 27.1. The largest absolute Gasteiger partial charge is 0.342 e. The molecule has 0 atom stereocenters. The van der Waals surface area contributed by atoms with Gasteiger partial charge in [0.05, 0.1) is 25.8 Å². The summed E-state index contributed by atoms with van der Waals surface area (Å²) in [5.74, 6) is 0. The van der Waals surface area contributed by atoms with Crippen molar-refractivity contribution in [1.82, 2.24) is 4.57 Å². The first-order chi connectivity index (χ1) is 20.7. The minimum absolute atomic E-state index is 0.286. The second-order valence-corrected chi connectivity index (χ2v) is 14.4. The summed E-state index contributed by atoms with van der Waals surface area (Å²) in [6.07, 6.45) is 18.7. The van der Waals surface area contributed by atoms with E-state index in [1.807, 2.05) is 22.7 Å². The first kappa shape index (κ1) is 27.9. The number of unbranched alkanes of at least 4 members (excludes halogenated alkanes) is 6. The maximum absolute atomic E-state index is 2.49. The molecule has 7 rings (SSSR count). The first-order valence-electron chi connectivity index (χ1n) is 16.3. The summed E-state index contributed by atoms with van der Waals surface area (Å²) in [5.41, 5.74) is 12.9. The van der Waals surface area contributed by atoms with E-state index < -0.39 is 0 Å². The lowest BCUT2D eigenvalue weighted by Gasteiger charge is -2.34. The number of hydrogen-bond acceptors (Lipinski definition) is 2. The molecular weight excluding hydrogens is 547 g/mol. The molecule has 0 unspecified atom stereocenters.